The van der Waals surface area contributed by atoms with Crippen molar-refractivity contribution in [2.24, 2.45) is 5.73 Å². The summed E-state index contributed by atoms with van der Waals surface area (Å²) in [5, 5.41) is 0. The van der Waals surface area contributed by atoms with Crippen LogP contribution in [-0.2, 0) is 22.5 Å². The first-order valence-corrected chi connectivity index (χ1v) is 10.1. The zero-order valence-electron chi connectivity index (χ0n) is 16.0. The van der Waals surface area contributed by atoms with Crippen LogP contribution in [0.15, 0.2) is 53.8 Å². The highest BCUT2D eigenvalue weighted by atomic mass is 35.5. The standard InChI is InChI=1S/C22H29ClN2O2/c1-26-22(23)16-27-15-17-8-9-19-11-10-18-6-2-3-7-20(18)25(21(19)14-17)13-5-4-12-24/h2-3,7-10,14,22H,4-6,11-13,15-16,24H2,1H3. The monoisotopic (exact) mass is 388 g/mol. The van der Waals surface area contributed by atoms with Gasteiger partial charge in [-0.1, -0.05) is 42.0 Å². The van der Waals surface area contributed by atoms with Crippen LogP contribution in [0.5, 0.6) is 0 Å². The highest BCUT2D eigenvalue weighted by Crippen LogP contribution is 2.35. The zero-order valence-corrected chi connectivity index (χ0v) is 16.8. The van der Waals surface area contributed by atoms with Gasteiger partial charge in [0.15, 0.2) is 5.56 Å². The molecule has 0 amide bonds. The second-order valence-electron chi connectivity index (χ2n) is 6.89. The summed E-state index contributed by atoms with van der Waals surface area (Å²) in [6, 6.07) is 6.62. The van der Waals surface area contributed by atoms with Crippen molar-refractivity contribution in [2.75, 3.05) is 31.7 Å². The van der Waals surface area contributed by atoms with Crippen molar-refractivity contribution in [2.45, 2.75) is 37.9 Å². The fourth-order valence-corrected chi connectivity index (χ4v) is 3.58. The van der Waals surface area contributed by atoms with Gasteiger partial charge in [0.05, 0.1) is 13.2 Å². The average molecular weight is 389 g/mol. The van der Waals surface area contributed by atoms with E-state index in [1.807, 2.05) is 0 Å². The SMILES string of the molecule is COC(Cl)COCc1ccc2c(c1)N(CCCCN)C1=CC=CCC1=CC2. The van der Waals surface area contributed by atoms with Gasteiger partial charge in [-0.3, -0.25) is 0 Å². The normalized spacial score (nSPS) is 16.9. The molecular formula is C22H29ClN2O2. The van der Waals surface area contributed by atoms with E-state index < -0.39 is 5.56 Å². The topological polar surface area (TPSA) is 47.7 Å². The van der Waals surface area contributed by atoms with Gasteiger partial charge in [0, 0.05) is 25.0 Å². The minimum atomic E-state index is -0.412. The van der Waals surface area contributed by atoms with Gasteiger partial charge in [-0.15, -0.1) is 0 Å². The number of allylic oxidation sites excluding steroid dienone is 5. The Morgan fingerprint density at radius 2 is 2.15 bits per heavy atom. The van der Waals surface area contributed by atoms with Gasteiger partial charge in [0.1, 0.15) is 0 Å². The maximum absolute atomic E-state index is 5.95. The summed E-state index contributed by atoms with van der Waals surface area (Å²) in [6.07, 6.45) is 13.0. The molecule has 5 heteroatoms. The number of nitrogens with zero attached hydrogens (tertiary/aromatic N) is 1. The number of unbranched alkanes of at least 4 members (excludes halogenated alkanes) is 1. The van der Waals surface area contributed by atoms with Crippen LogP contribution in [0.25, 0.3) is 0 Å². The van der Waals surface area contributed by atoms with Crippen LogP contribution in [0.4, 0.5) is 5.69 Å². The van der Waals surface area contributed by atoms with Gasteiger partial charge in [-0.2, -0.15) is 0 Å². The highest BCUT2D eigenvalue weighted by molar-refractivity contribution is 6.19. The van der Waals surface area contributed by atoms with Gasteiger partial charge >= 0.3 is 0 Å². The van der Waals surface area contributed by atoms with Crippen molar-refractivity contribution < 1.29 is 9.47 Å². The molecule has 0 aromatic heterocycles. The summed E-state index contributed by atoms with van der Waals surface area (Å²) < 4.78 is 10.7. The molecule has 1 aliphatic carbocycles. The Balaban J connectivity index is 1.83. The Hall–Kier alpha value is -1.59. The smallest absolute Gasteiger partial charge is 0.153 e. The van der Waals surface area contributed by atoms with Gasteiger partial charge in [0.2, 0.25) is 0 Å². The minimum absolute atomic E-state index is 0.372. The third-order valence-electron chi connectivity index (χ3n) is 4.97. The molecule has 0 saturated carbocycles. The third-order valence-corrected chi connectivity index (χ3v) is 5.27. The quantitative estimate of drug-likeness (QED) is 0.506. The van der Waals surface area contributed by atoms with Crippen LogP contribution >= 0.6 is 11.6 Å². The number of nitrogens with two attached hydrogens (primary N) is 1. The molecule has 0 spiro atoms. The summed E-state index contributed by atoms with van der Waals surface area (Å²) in [5.74, 6) is 0. The van der Waals surface area contributed by atoms with Gasteiger partial charge in [-0.05, 0) is 61.1 Å². The van der Waals surface area contributed by atoms with E-state index in [0.717, 1.165) is 44.3 Å². The molecule has 146 valence electrons. The number of methoxy groups -OCH3 is 1. The Labute approximate surface area is 167 Å². The molecule has 27 heavy (non-hydrogen) atoms. The molecule has 1 aromatic rings. The Morgan fingerprint density at radius 3 is 2.96 bits per heavy atom. The lowest BCUT2D eigenvalue weighted by Crippen LogP contribution is -2.26. The summed E-state index contributed by atoms with van der Waals surface area (Å²) in [4.78, 5) is 2.45. The van der Waals surface area contributed by atoms with E-state index in [1.165, 1.54) is 22.5 Å². The largest absolute Gasteiger partial charge is 0.373 e. The molecule has 0 saturated heterocycles. The molecule has 1 atom stereocenters. The molecule has 1 aromatic carbocycles. The predicted octanol–water partition coefficient (Wildman–Crippen LogP) is 4.29. The molecule has 0 bridgehead atoms. The molecule has 4 nitrogen and oxygen atoms in total. The first kappa shape index (κ1) is 20.2. The van der Waals surface area contributed by atoms with Crippen molar-refractivity contribution in [3.63, 3.8) is 0 Å². The third kappa shape index (κ3) is 5.23. The van der Waals surface area contributed by atoms with Crippen molar-refractivity contribution in [3.05, 3.63) is 64.9 Å². The van der Waals surface area contributed by atoms with E-state index in [1.54, 1.807) is 7.11 Å². The number of ether oxygens (including phenoxy) is 2. The molecule has 1 aliphatic heterocycles. The summed E-state index contributed by atoms with van der Waals surface area (Å²) in [7, 11) is 1.58. The summed E-state index contributed by atoms with van der Waals surface area (Å²) in [5.41, 5.74) is 11.8. The van der Waals surface area contributed by atoms with E-state index in [0.29, 0.717) is 13.2 Å². The van der Waals surface area contributed by atoms with E-state index in [4.69, 9.17) is 26.8 Å². The highest BCUT2D eigenvalue weighted by Gasteiger charge is 2.22. The minimum Gasteiger partial charge on any atom is -0.373 e. The van der Waals surface area contributed by atoms with Crippen molar-refractivity contribution in [1.82, 2.24) is 0 Å². The number of benzene rings is 1. The maximum Gasteiger partial charge on any atom is 0.153 e. The van der Waals surface area contributed by atoms with Crippen LogP contribution in [-0.4, -0.2) is 32.4 Å². The van der Waals surface area contributed by atoms with Crippen LogP contribution < -0.4 is 10.6 Å². The molecule has 1 heterocycles. The molecule has 1 unspecified atom stereocenters. The van der Waals surface area contributed by atoms with Gasteiger partial charge in [-0.25, -0.2) is 0 Å². The molecule has 0 radical (unpaired) electrons. The Bertz CT molecular complexity index is 727. The van der Waals surface area contributed by atoms with E-state index in [-0.39, 0.29) is 0 Å². The fourth-order valence-electron chi connectivity index (χ4n) is 3.50. The van der Waals surface area contributed by atoms with Crippen LogP contribution in [0.1, 0.15) is 30.4 Å². The van der Waals surface area contributed by atoms with Crippen molar-refractivity contribution in [1.29, 1.82) is 0 Å². The Kier molecular flexibility index (Phi) is 7.53. The second-order valence-corrected chi connectivity index (χ2v) is 7.38. The lowest BCUT2D eigenvalue weighted by Gasteiger charge is -2.30. The van der Waals surface area contributed by atoms with Gasteiger partial charge in [0.25, 0.3) is 0 Å². The molecule has 0 fully saturated rings. The molecule has 3 rings (SSSR count). The second kappa shape index (κ2) is 10.1. The molecular weight excluding hydrogens is 360 g/mol. The van der Waals surface area contributed by atoms with Crippen LogP contribution in [0, 0.1) is 0 Å². The first-order valence-electron chi connectivity index (χ1n) is 9.63. The Morgan fingerprint density at radius 1 is 1.26 bits per heavy atom. The summed E-state index contributed by atoms with van der Waals surface area (Å²) in [6.45, 7) is 2.60. The molecule has 2 N–H and O–H groups in total. The van der Waals surface area contributed by atoms with Crippen LogP contribution in [0.2, 0.25) is 0 Å². The molecule has 2 aliphatic rings. The lowest BCUT2D eigenvalue weighted by atomic mass is 10.0. The number of fused-ring (bicyclic) bond motifs is 2. The van der Waals surface area contributed by atoms with Crippen LogP contribution in [0.3, 0.4) is 0 Å². The van der Waals surface area contributed by atoms with E-state index in [2.05, 4.69) is 47.4 Å². The fraction of sp³-hybridized carbons (Fsp3) is 0.455. The van der Waals surface area contributed by atoms with Crippen molar-refractivity contribution in [3.8, 4) is 0 Å². The number of hydrogen-bond acceptors (Lipinski definition) is 4. The summed E-state index contributed by atoms with van der Waals surface area (Å²) >= 11 is 5.95. The number of hydrogen-bond donors (Lipinski definition) is 1. The predicted molar refractivity (Wildman–Crippen MR) is 112 cm³/mol. The van der Waals surface area contributed by atoms with E-state index >= 15 is 0 Å². The number of anilines is 1. The number of alkyl halides is 1. The number of halogens is 1. The maximum atomic E-state index is 5.95. The lowest BCUT2D eigenvalue weighted by molar-refractivity contribution is 0.0415. The first-order chi connectivity index (χ1) is 13.2. The van der Waals surface area contributed by atoms with Gasteiger partial charge < -0.3 is 20.1 Å². The van der Waals surface area contributed by atoms with E-state index in [9.17, 15) is 0 Å². The zero-order chi connectivity index (χ0) is 19.1. The average Bonchev–Trinajstić information content (AvgIpc) is 2.85. The number of rotatable bonds is 9. The van der Waals surface area contributed by atoms with Crippen molar-refractivity contribution >= 4 is 17.3 Å².